The van der Waals surface area contributed by atoms with Crippen molar-refractivity contribution in [1.82, 2.24) is 14.4 Å². The summed E-state index contributed by atoms with van der Waals surface area (Å²) >= 11 is 0. The largest absolute Gasteiger partial charge is 0.337 e. The lowest BCUT2D eigenvalue weighted by Gasteiger charge is -2.34. The highest BCUT2D eigenvalue weighted by atomic mass is 16.2. The molecule has 150 valence electrons. The van der Waals surface area contributed by atoms with Crippen LogP contribution in [0.25, 0.3) is 10.9 Å². The minimum atomic E-state index is 0.105. The van der Waals surface area contributed by atoms with Crippen LogP contribution in [0.1, 0.15) is 43.6 Å². The molecule has 1 saturated carbocycles. The normalized spacial score (nSPS) is 18.3. The second kappa shape index (κ2) is 7.95. The van der Waals surface area contributed by atoms with Crippen LogP contribution in [0.5, 0.6) is 0 Å². The number of nitrogens with zero attached hydrogens (tertiary/aromatic N) is 3. The smallest absolute Gasteiger partial charge is 0.270 e. The van der Waals surface area contributed by atoms with Crippen LogP contribution >= 0.6 is 0 Å². The van der Waals surface area contributed by atoms with Gasteiger partial charge in [-0.05, 0) is 50.6 Å². The lowest BCUT2D eigenvalue weighted by molar-refractivity contribution is -0.122. The van der Waals surface area contributed by atoms with Gasteiger partial charge in [-0.15, -0.1) is 0 Å². The Morgan fingerprint density at radius 2 is 1.79 bits per heavy atom. The Labute approximate surface area is 166 Å². The quantitative estimate of drug-likeness (QED) is 0.864. The molecule has 0 spiro atoms. The molecule has 2 fully saturated rings. The van der Waals surface area contributed by atoms with E-state index >= 15 is 0 Å². The molecule has 6 heteroatoms. The predicted octanol–water partition coefficient (Wildman–Crippen LogP) is 3.18. The fourth-order valence-electron chi connectivity index (χ4n) is 4.21. The Morgan fingerprint density at radius 3 is 2.39 bits per heavy atom. The van der Waals surface area contributed by atoms with Crippen molar-refractivity contribution in [2.24, 2.45) is 5.92 Å². The first kappa shape index (κ1) is 19.0. The summed E-state index contributed by atoms with van der Waals surface area (Å²) in [6.07, 6.45) is 3.13. The van der Waals surface area contributed by atoms with Crippen molar-refractivity contribution in [1.29, 1.82) is 0 Å². The predicted molar refractivity (Wildman–Crippen MR) is 112 cm³/mol. The number of likely N-dealkylation sites (N-methyl/N-ethyl adjacent to an activating group) is 1. The first-order valence-corrected chi connectivity index (χ1v) is 10.6. The van der Waals surface area contributed by atoms with E-state index in [1.807, 2.05) is 29.2 Å². The molecule has 1 aliphatic carbocycles. The second-order valence-electron chi connectivity index (χ2n) is 7.89. The summed E-state index contributed by atoms with van der Waals surface area (Å²) in [5, 5.41) is 4.04. The maximum absolute atomic E-state index is 13.2. The van der Waals surface area contributed by atoms with Crippen molar-refractivity contribution in [3.63, 3.8) is 0 Å². The molecular formula is C22H30N4O2. The molecule has 1 aliphatic heterocycles. The Morgan fingerprint density at radius 1 is 1.04 bits per heavy atom. The van der Waals surface area contributed by atoms with Crippen LogP contribution in [-0.4, -0.2) is 58.9 Å². The van der Waals surface area contributed by atoms with Crippen molar-refractivity contribution in [2.45, 2.75) is 39.7 Å². The number of carbonyl (C=O) groups is 2. The van der Waals surface area contributed by atoms with Crippen LogP contribution in [-0.2, 0) is 11.3 Å². The zero-order valence-electron chi connectivity index (χ0n) is 16.9. The summed E-state index contributed by atoms with van der Waals surface area (Å²) in [5.41, 5.74) is 2.60. The molecule has 0 bridgehead atoms. The van der Waals surface area contributed by atoms with Crippen LogP contribution in [0.2, 0.25) is 0 Å². The number of fused-ring (bicyclic) bond motifs is 1. The molecule has 2 aliphatic rings. The first-order valence-electron chi connectivity index (χ1n) is 10.6. The molecule has 28 heavy (non-hydrogen) atoms. The van der Waals surface area contributed by atoms with E-state index in [1.54, 1.807) is 0 Å². The van der Waals surface area contributed by atoms with Crippen LogP contribution in [0.4, 0.5) is 5.69 Å². The fourth-order valence-corrected chi connectivity index (χ4v) is 4.21. The van der Waals surface area contributed by atoms with Gasteiger partial charge in [0.15, 0.2) is 0 Å². The van der Waals surface area contributed by atoms with Crippen molar-refractivity contribution in [2.75, 3.05) is 38.0 Å². The summed E-state index contributed by atoms with van der Waals surface area (Å²) in [6, 6.07) is 7.93. The average molecular weight is 383 g/mol. The van der Waals surface area contributed by atoms with Crippen molar-refractivity contribution >= 4 is 28.4 Å². The molecule has 0 unspecified atom stereocenters. The van der Waals surface area contributed by atoms with Gasteiger partial charge < -0.3 is 19.7 Å². The number of aryl methyl sites for hydroxylation is 1. The monoisotopic (exact) mass is 382 g/mol. The standard InChI is InChI=1S/C22H30N4O2/c1-3-24-10-12-25(13-11-24)22(28)20-15-17-14-18(8-9-19(17)26(20)4-2)23-21(27)16-6-5-7-16/h8-9,14-16H,3-7,10-13H2,1-2H3,(H,23,27). The van der Waals surface area contributed by atoms with E-state index in [0.717, 1.165) is 80.8 Å². The summed E-state index contributed by atoms with van der Waals surface area (Å²) < 4.78 is 2.08. The molecule has 2 heterocycles. The number of aromatic nitrogens is 1. The molecule has 6 nitrogen and oxygen atoms in total. The average Bonchev–Trinajstić information content (AvgIpc) is 3.03. The highest BCUT2D eigenvalue weighted by molar-refractivity contribution is 6.01. The molecule has 1 N–H and O–H groups in total. The third-order valence-corrected chi connectivity index (χ3v) is 6.29. The van der Waals surface area contributed by atoms with E-state index in [0.29, 0.717) is 0 Å². The number of anilines is 1. The van der Waals surface area contributed by atoms with E-state index in [1.165, 1.54) is 0 Å². The zero-order chi connectivity index (χ0) is 19.7. The molecule has 0 radical (unpaired) electrons. The van der Waals surface area contributed by atoms with Crippen molar-refractivity contribution in [3.05, 3.63) is 30.0 Å². The van der Waals surface area contributed by atoms with Crippen LogP contribution in [0.3, 0.4) is 0 Å². The highest BCUT2D eigenvalue weighted by Gasteiger charge is 2.26. The maximum Gasteiger partial charge on any atom is 0.270 e. The number of benzene rings is 1. The SMILES string of the molecule is CCN1CCN(C(=O)c2cc3cc(NC(=O)C4CCC4)ccc3n2CC)CC1. The molecule has 1 aromatic heterocycles. The van der Waals surface area contributed by atoms with Crippen molar-refractivity contribution < 1.29 is 9.59 Å². The lowest BCUT2D eigenvalue weighted by Crippen LogP contribution is -2.48. The molecular weight excluding hydrogens is 352 g/mol. The van der Waals surface area contributed by atoms with Crippen LogP contribution in [0, 0.1) is 5.92 Å². The highest BCUT2D eigenvalue weighted by Crippen LogP contribution is 2.29. The number of rotatable bonds is 5. The third kappa shape index (κ3) is 3.53. The summed E-state index contributed by atoms with van der Waals surface area (Å²) in [7, 11) is 0. The minimum absolute atomic E-state index is 0.105. The molecule has 1 saturated heterocycles. The number of carbonyl (C=O) groups excluding carboxylic acids is 2. The van der Waals surface area contributed by atoms with E-state index in [-0.39, 0.29) is 17.7 Å². The van der Waals surface area contributed by atoms with Gasteiger partial charge in [-0.25, -0.2) is 0 Å². The number of amides is 2. The van der Waals surface area contributed by atoms with Crippen LogP contribution in [0.15, 0.2) is 24.3 Å². The summed E-state index contributed by atoms with van der Waals surface area (Å²) in [4.78, 5) is 29.7. The van der Waals surface area contributed by atoms with Crippen LogP contribution < -0.4 is 5.32 Å². The molecule has 1 aromatic carbocycles. The topological polar surface area (TPSA) is 57.6 Å². The van der Waals surface area contributed by atoms with Gasteiger partial charge >= 0.3 is 0 Å². The summed E-state index contributed by atoms with van der Waals surface area (Å²) in [6.45, 7) is 9.43. The van der Waals surface area contributed by atoms with E-state index < -0.39 is 0 Å². The number of nitrogens with one attached hydrogen (secondary N) is 1. The third-order valence-electron chi connectivity index (χ3n) is 6.29. The van der Waals surface area contributed by atoms with Gasteiger partial charge in [-0.3, -0.25) is 9.59 Å². The van der Waals surface area contributed by atoms with Gasteiger partial charge in [0.25, 0.3) is 5.91 Å². The Bertz CT molecular complexity index is 876. The lowest BCUT2D eigenvalue weighted by atomic mass is 9.85. The molecule has 2 amide bonds. The molecule has 0 atom stereocenters. The van der Waals surface area contributed by atoms with Crippen molar-refractivity contribution in [3.8, 4) is 0 Å². The van der Waals surface area contributed by atoms with Gasteiger partial charge in [0, 0.05) is 55.2 Å². The zero-order valence-corrected chi connectivity index (χ0v) is 16.9. The minimum Gasteiger partial charge on any atom is -0.337 e. The Hall–Kier alpha value is -2.34. The van der Waals surface area contributed by atoms with Gasteiger partial charge in [0.05, 0.1) is 0 Å². The molecule has 2 aromatic rings. The molecule has 4 rings (SSSR count). The van der Waals surface area contributed by atoms with Gasteiger partial charge in [-0.1, -0.05) is 13.3 Å². The van der Waals surface area contributed by atoms with E-state index in [4.69, 9.17) is 0 Å². The van der Waals surface area contributed by atoms with Gasteiger partial charge in [-0.2, -0.15) is 0 Å². The Kier molecular flexibility index (Phi) is 5.40. The van der Waals surface area contributed by atoms with E-state index in [9.17, 15) is 9.59 Å². The fraction of sp³-hybridized carbons (Fsp3) is 0.545. The van der Waals surface area contributed by atoms with Gasteiger partial charge in [0.2, 0.25) is 5.91 Å². The summed E-state index contributed by atoms with van der Waals surface area (Å²) in [5.74, 6) is 0.384. The second-order valence-corrected chi connectivity index (χ2v) is 7.89. The maximum atomic E-state index is 13.2. The number of hydrogen-bond donors (Lipinski definition) is 1. The van der Waals surface area contributed by atoms with Gasteiger partial charge in [0.1, 0.15) is 5.69 Å². The van der Waals surface area contributed by atoms with E-state index in [2.05, 4.69) is 28.6 Å². The Balaban J connectivity index is 1.56. The number of piperazine rings is 1. The first-order chi connectivity index (χ1) is 13.6. The number of hydrogen-bond acceptors (Lipinski definition) is 3.